The summed E-state index contributed by atoms with van der Waals surface area (Å²) in [5.41, 5.74) is 1.86. The largest absolute Gasteiger partial charge is 0.506 e. The number of imide groups is 1. The molecule has 2 aliphatic rings. The first-order chi connectivity index (χ1) is 9.54. The minimum atomic E-state index is -0.429. The molecule has 6 nitrogen and oxygen atoms in total. The van der Waals surface area contributed by atoms with Crippen LogP contribution < -0.4 is 10.6 Å². The topological polar surface area (TPSA) is 95.5 Å². The van der Waals surface area contributed by atoms with Crippen molar-refractivity contribution in [2.24, 2.45) is 0 Å². The van der Waals surface area contributed by atoms with Crippen molar-refractivity contribution >= 4 is 40.6 Å². The van der Waals surface area contributed by atoms with E-state index in [9.17, 15) is 19.5 Å². The summed E-state index contributed by atoms with van der Waals surface area (Å²) in [5, 5.41) is 14.2. The summed E-state index contributed by atoms with van der Waals surface area (Å²) in [5.74, 6) is -0.586. The zero-order chi connectivity index (χ0) is 14.3. The van der Waals surface area contributed by atoms with Gasteiger partial charge in [0.2, 0.25) is 5.91 Å². The Labute approximate surface area is 118 Å². The summed E-state index contributed by atoms with van der Waals surface area (Å²) >= 11 is 0.836. The van der Waals surface area contributed by atoms with Gasteiger partial charge in [0.25, 0.3) is 11.1 Å². The Morgan fingerprint density at radius 2 is 1.95 bits per heavy atom. The number of aromatic hydroxyl groups is 1. The number of fused-ring (bicyclic) bond motifs is 1. The third-order valence-electron chi connectivity index (χ3n) is 3.12. The second-order valence-corrected chi connectivity index (χ2v) is 5.44. The van der Waals surface area contributed by atoms with E-state index in [0.29, 0.717) is 29.0 Å². The lowest BCUT2D eigenvalue weighted by Gasteiger charge is -2.20. The monoisotopic (exact) mass is 290 g/mol. The van der Waals surface area contributed by atoms with Crippen LogP contribution in [0.15, 0.2) is 17.0 Å². The molecule has 20 heavy (non-hydrogen) atoms. The molecule has 2 aliphatic heterocycles. The van der Waals surface area contributed by atoms with Crippen LogP contribution in [0.1, 0.15) is 17.5 Å². The van der Waals surface area contributed by atoms with Gasteiger partial charge in [-0.15, -0.1) is 0 Å². The third-order valence-corrected chi connectivity index (χ3v) is 3.93. The molecule has 1 aromatic carbocycles. The van der Waals surface area contributed by atoms with Crippen LogP contribution in [0.25, 0.3) is 6.08 Å². The highest BCUT2D eigenvalue weighted by atomic mass is 32.2. The van der Waals surface area contributed by atoms with Gasteiger partial charge in [-0.05, 0) is 41.5 Å². The van der Waals surface area contributed by atoms with Crippen LogP contribution >= 0.6 is 11.8 Å². The van der Waals surface area contributed by atoms with E-state index in [-0.39, 0.29) is 11.7 Å². The molecule has 7 heteroatoms. The summed E-state index contributed by atoms with van der Waals surface area (Å²) in [7, 11) is 0. The molecule has 0 saturated carbocycles. The first-order valence-corrected chi connectivity index (χ1v) is 6.76. The van der Waals surface area contributed by atoms with Crippen LogP contribution in [0.2, 0.25) is 0 Å². The van der Waals surface area contributed by atoms with Gasteiger partial charge in [-0.1, -0.05) is 6.07 Å². The van der Waals surface area contributed by atoms with E-state index in [2.05, 4.69) is 10.6 Å². The fourth-order valence-electron chi connectivity index (χ4n) is 2.20. The van der Waals surface area contributed by atoms with E-state index in [4.69, 9.17) is 0 Å². The van der Waals surface area contributed by atoms with Gasteiger partial charge in [0.1, 0.15) is 5.75 Å². The van der Waals surface area contributed by atoms with Crippen molar-refractivity contribution in [2.75, 3.05) is 5.32 Å². The Kier molecular flexibility index (Phi) is 2.98. The smallest absolute Gasteiger partial charge is 0.290 e. The number of hydrogen-bond acceptors (Lipinski definition) is 5. The molecule has 0 aliphatic carbocycles. The number of hydrogen-bond donors (Lipinski definition) is 3. The van der Waals surface area contributed by atoms with E-state index >= 15 is 0 Å². The Hall–Kier alpha value is -2.28. The molecule has 1 fully saturated rings. The van der Waals surface area contributed by atoms with Gasteiger partial charge in [-0.2, -0.15) is 0 Å². The molecule has 0 bridgehead atoms. The first kappa shape index (κ1) is 12.7. The van der Waals surface area contributed by atoms with Crippen LogP contribution in [0.3, 0.4) is 0 Å². The molecule has 0 atom stereocenters. The summed E-state index contributed by atoms with van der Waals surface area (Å²) < 4.78 is 0. The molecule has 0 unspecified atom stereocenters. The molecule has 3 N–H and O–H groups in total. The first-order valence-electron chi connectivity index (χ1n) is 5.94. The number of benzene rings is 1. The van der Waals surface area contributed by atoms with Gasteiger partial charge in [-0.25, -0.2) is 0 Å². The van der Waals surface area contributed by atoms with Crippen LogP contribution in [0.5, 0.6) is 5.75 Å². The van der Waals surface area contributed by atoms with E-state index in [1.807, 2.05) is 0 Å². The summed E-state index contributed by atoms with van der Waals surface area (Å²) in [6.45, 7) is 0. The highest BCUT2D eigenvalue weighted by Gasteiger charge is 2.26. The van der Waals surface area contributed by atoms with Crippen LogP contribution in [0.4, 0.5) is 10.5 Å². The van der Waals surface area contributed by atoms with Crippen molar-refractivity contribution in [3.8, 4) is 5.75 Å². The fourth-order valence-corrected chi connectivity index (χ4v) is 2.87. The Bertz CT molecular complexity index is 681. The quantitative estimate of drug-likeness (QED) is 0.539. The lowest BCUT2D eigenvalue weighted by Crippen LogP contribution is -2.20. The number of amides is 3. The normalized spacial score (nSPS) is 19.8. The molecule has 0 spiro atoms. The van der Waals surface area contributed by atoms with Crippen LogP contribution in [-0.2, 0) is 16.0 Å². The van der Waals surface area contributed by atoms with E-state index < -0.39 is 11.1 Å². The number of nitrogens with one attached hydrogen (secondary N) is 2. The Morgan fingerprint density at radius 1 is 1.15 bits per heavy atom. The van der Waals surface area contributed by atoms with Gasteiger partial charge < -0.3 is 10.4 Å². The average molecular weight is 290 g/mol. The molecule has 3 rings (SSSR count). The second-order valence-electron chi connectivity index (χ2n) is 4.43. The number of rotatable bonds is 1. The molecule has 1 aromatic rings. The predicted octanol–water partition coefficient (Wildman–Crippen LogP) is 1.60. The van der Waals surface area contributed by atoms with Gasteiger partial charge >= 0.3 is 0 Å². The number of phenolic OH excluding ortho intramolecular Hbond substituents is 1. The van der Waals surface area contributed by atoms with Crippen LogP contribution in [-0.4, -0.2) is 22.2 Å². The minimum Gasteiger partial charge on any atom is -0.506 e. The zero-order valence-electron chi connectivity index (χ0n) is 10.2. The lowest BCUT2D eigenvalue weighted by atomic mass is 9.96. The number of anilines is 1. The van der Waals surface area contributed by atoms with E-state index in [1.165, 1.54) is 6.07 Å². The van der Waals surface area contributed by atoms with Crippen molar-refractivity contribution in [3.05, 3.63) is 28.2 Å². The maximum absolute atomic E-state index is 11.5. The van der Waals surface area contributed by atoms with Gasteiger partial charge in [0.05, 0.1) is 10.6 Å². The number of carbonyl (C=O) groups excluding carboxylic acids is 3. The summed E-state index contributed by atoms with van der Waals surface area (Å²) in [4.78, 5) is 34.4. The maximum Gasteiger partial charge on any atom is 0.290 e. The number of phenols is 1. The van der Waals surface area contributed by atoms with Gasteiger partial charge in [0.15, 0.2) is 0 Å². The third kappa shape index (κ3) is 2.16. The molecular formula is C13H10N2O4S. The van der Waals surface area contributed by atoms with Gasteiger partial charge in [0, 0.05) is 6.42 Å². The summed E-state index contributed by atoms with van der Waals surface area (Å²) in [6, 6.07) is 3.12. The average Bonchev–Trinajstić information content (AvgIpc) is 2.71. The molecular weight excluding hydrogens is 280 g/mol. The summed E-state index contributed by atoms with van der Waals surface area (Å²) in [6.07, 6.45) is 2.40. The van der Waals surface area contributed by atoms with Crippen LogP contribution in [0, 0.1) is 0 Å². The molecule has 2 heterocycles. The zero-order valence-corrected chi connectivity index (χ0v) is 11.0. The molecule has 0 aromatic heterocycles. The van der Waals surface area contributed by atoms with E-state index in [1.54, 1.807) is 12.1 Å². The Balaban J connectivity index is 2.05. The Morgan fingerprint density at radius 3 is 2.65 bits per heavy atom. The standard InChI is InChI=1S/C13H10N2O4S/c16-8-3-1-6(5-9-12(18)15-13(19)20-9)7-2-4-10(17)14-11(7)8/h1,3,5,16H,2,4H2,(H,14,17)(H,15,18,19)/b9-5+. The molecule has 0 radical (unpaired) electrons. The number of carbonyl (C=O) groups is 3. The molecule has 102 valence electrons. The fraction of sp³-hybridized carbons (Fsp3) is 0.154. The molecule has 3 amide bonds. The lowest BCUT2D eigenvalue weighted by molar-refractivity contribution is -0.116. The minimum absolute atomic E-state index is 0.00481. The number of thioether (sulfide) groups is 1. The molecule has 1 saturated heterocycles. The van der Waals surface area contributed by atoms with Crippen molar-refractivity contribution in [2.45, 2.75) is 12.8 Å². The van der Waals surface area contributed by atoms with Crippen molar-refractivity contribution in [3.63, 3.8) is 0 Å². The van der Waals surface area contributed by atoms with Crippen molar-refractivity contribution < 1.29 is 19.5 Å². The van der Waals surface area contributed by atoms with Crippen molar-refractivity contribution in [1.82, 2.24) is 5.32 Å². The predicted molar refractivity (Wildman–Crippen MR) is 74.2 cm³/mol. The SMILES string of the molecule is O=C1CCc2c(/C=C3/SC(=O)NC3=O)ccc(O)c2N1. The highest BCUT2D eigenvalue weighted by molar-refractivity contribution is 8.18. The highest BCUT2D eigenvalue weighted by Crippen LogP contribution is 2.36. The maximum atomic E-state index is 11.5. The second kappa shape index (κ2) is 4.68. The van der Waals surface area contributed by atoms with Crippen molar-refractivity contribution in [1.29, 1.82) is 0 Å². The van der Waals surface area contributed by atoms with Gasteiger partial charge in [-0.3, -0.25) is 19.7 Å². The van der Waals surface area contributed by atoms with E-state index in [0.717, 1.165) is 17.3 Å².